The van der Waals surface area contributed by atoms with Crippen molar-refractivity contribution in [2.45, 2.75) is 39.3 Å². The predicted molar refractivity (Wildman–Crippen MR) is 60.6 cm³/mol. The summed E-state index contributed by atoms with van der Waals surface area (Å²) in [4.78, 5) is 11.5. The van der Waals surface area contributed by atoms with Crippen LogP contribution in [-0.2, 0) is 11.3 Å². The first-order valence-corrected chi connectivity index (χ1v) is 5.86. The van der Waals surface area contributed by atoms with Crippen LogP contribution in [0, 0.1) is 13.8 Å². The van der Waals surface area contributed by atoms with Gasteiger partial charge in [-0.2, -0.15) is 5.10 Å². The molecule has 0 unspecified atom stereocenters. The molecule has 4 nitrogen and oxygen atoms in total. The van der Waals surface area contributed by atoms with Gasteiger partial charge in [0, 0.05) is 6.04 Å². The predicted octanol–water partition coefficient (Wildman–Crippen LogP) is 1.54. The van der Waals surface area contributed by atoms with Gasteiger partial charge in [0.2, 0.25) is 5.91 Å². The van der Waals surface area contributed by atoms with Crippen LogP contribution in [0.2, 0.25) is 0 Å². The summed E-state index contributed by atoms with van der Waals surface area (Å²) in [5.74, 6) is 0.0515. The molecule has 1 N–H and O–H groups in total. The highest BCUT2D eigenvalue weighted by molar-refractivity contribution is 9.10. The highest BCUT2D eigenvalue weighted by atomic mass is 79.9. The molecule has 0 bridgehead atoms. The first-order chi connectivity index (χ1) is 7.08. The molecule has 0 spiro atoms. The summed E-state index contributed by atoms with van der Waals surface area (Å²) in [5.41, 5.74) is 1.92. The third-order valence-corrected chi connectivity index (χ3v) is 3.68. The number of hydrogen-bond acceptors (Lipinski definition) is 2. The largest absolute Gasteiger partial charge is 0.352 e. The van der Waals surface area contributed by atoms with Crippen LogP contribution < -0.4 is 5.32 Å². The van der Waals surface area contributed by atoms with E-state index in [0.717, 1.165) is 28.7 Å². The number of aromatic nitrogens is 2. The lowest BCUT2D eigenvalue weighted by Crippen LogP contribution is -2.30. The second kappa shape index (κ2) is 3.96. The fraction of sp³-hybridized carbons (Fsp3) is 0.600. The van der Waals surface area contributed by atoms with Gasteiger partial charge in [0.15, 0.2) is 0 Å². The second-order valence-electron chi connectivity index (χ2n) is 3.98. The molecule has 1 saturated carbocycles. The van der Waals surface area contributed by atoms with Crippen molar-refractivity contribution in [2.24, 2.45) is 0 Å². The molecule has 1 aliphatic rings. The van der Waals surface area contributed by atoms with Crippen molar-refractivity contribution >= 4 is 21.8 Å². The minimum absolute atomic E-state index is 0.0515. The van der Waals surface area contributed by atoms with Crippen LogP contribution in [0.1, 0.15) is 24.2 Å². The maximum atomic E-state index is 11.5. The number of amides is 1. The van der Waals surface area contributed by atoms with Crippen LogP contribution in [-0.4, -0.2) is 21.7 Å². The Bertz CT molecular complexity index is 396. The molecule has 0 aliphatic heterocycles. The number of carbonyl (C=O) groups is 1. The Morgan fingerprint density at radius 3 is 2.73 bits per heavy atom. The minimum Gasteiger partial charge on any atom is -0.352 e. The maximum absolute atomic E-state index is 11.5. The lowest BCUT2D eigenvalue weighted by atomic mass is 10.4. The smallest absolute Gasteiger partial charge is 0.241 e. The van der Waals surface area contributed by atoms with Crippen molar-refractivity contribution in [2.75, 3.05) is 0 Å². The number of halogens is 1. The van der Waals surface area contributed by atoms with E-state index in [1.54, 1.807) is 4.68 Å². The molecule has 0 aromatic carbocycles. The third-order valence-electron chi connectivity index (χ3n) is 2.53. The first-order valence-electron chi connectivity index (χ1n) is 5.07. The number of rotatable bonds is 3. The lowest BCUT2D eigenvalue weighted by molar-refractivity contribution is -0.122. The van der Waals surface area contributed by atoms with Gasteiger partial charge in [-0.15, -0.1) is 0 Å². The molecule has 82 valence electrons. The normalized spacial score (nSPS) is 15.4. The molecule has 1 heterocycles. The average Bonchev–Trinajstić information content (AvgIpc) is 2.94. The second-order valence-corrected chi connectivity index (χ2v) is 4.78. The molecule has 1 aliphatic carbocycles. The van der Waals surface area contributed by atoms with Gasteiger partial charge in [0.25, 0.3) is 0 Å². The van der Waals surface area contributed by atoms with Crippen molar-refractivity contribution < 1.29 is 4.79 Å². The van der Waals surface area contributed by atoms with Gasteiger partial charge in [-0.3, -0.25) is 9.48 Å². The van der Waals surface area contributed by atoms with Gasteiger partial charge in [0.05, 0.1) is 15.9 Å². The number of carbonyl (C=O) groups excluding carboxylic acids is 1. The van der Waals surface area contributed by atoms with Gasteiger partial charge < -0.3 is 5.32 Å². The zero-order valence-corrected chi connectivity index (χ0v) is 10.5. The van der Waals surface area contributed by atoms with Gasteiger partial charge in [-0.25, -0.2) is 0 Å². The molecule has 1 amide bonds. The number of aryl methyl sites for hydroxylation is 1. The standard InChI is InChI=1S/C10H14BrN3O/c1-6-10(11)7(2)14(13-6)5-9(15)12-8-3-4-8/h8H,3-5H2,1-2H3,(H,12,15). The van der Waals surface area contributed by atoms with E-state index in [-0.39, 0.29) is 5.91 Å². The molecule has 0 radical (unpaired) electrons. The number of hydrogen-bond donors (Lipinski definition) is 1. The summed E-state index contributed by atoms with van der Waals surface area (Å²) in [7, 11) is 0. The van der Waals surface area contributed by atoms with E-state index in [1.807, 2.05) is 13.8 Å². The van der Waals surface area contributed by atoms with Crippen LogP contribution in [0.25, 0.3) is 0 Å². The highest BCUT2D eigenvalue weighted by Gasteiger charge is 2.23. The summed E-state index contributed by atoms with van der Waals surface area (Å²) in [6, 6.07) is 0.415. The molecule has 2 rings (SSSR count). The SMILES string of the molecule is Cc1nn(CC(=O)NC2CC2)c(C)c1Br. The topological polar surface area (TPSA) is 46.9 Å². The highest BCUT2D eigenvalue weighted by Crippen LogP contribution is 2.20. The first kappa shape index (κ1) is 10.7. The van der Waals surface area contributed by atoms with Gasteiger partial charge >= 0.3 is 0 Å². The summed E-state index contributed by atoms with van der Waals surface area (Å²) in [6.07, 6.45) is 2.24. The van der Waals surface area contributed by atoms with E-state index in [0.29, 0.717) is 12.6 Å². The van der Waals surface area contributed by atoms with Crippen molar-refractivity contribution in [3.8, 4) is 0 Å². The fourth-order valence-electron chi connectivity index (χ4n) is 1.47. The zero-order valence-electron chi connectivity index (χ0n) is 8.88. The van der Waals surface area contributed by atoms with Crippen LogP contribution in [0.5, 0.6) is 0 Å². The van der Waals surface area contributed by atoms with Crippen molar-refractivity contribution in [1.82, 2.24) is 15.1 Å². The maximum Gasteiger partial charge on any atom is 0.241 e. The molecule has 15 heavy (non-hydrogen) atoms. The lowest BCUT2D eigenvalue weighted by Gasteiger charge is -2.05. The Kier molecular flexibility index (Phi) is 2.82. The molecule has 1 aromatic rings. The molecule has 5 heteroatoms. The molecule has 1 fully saturated rings. The molecule has 0 saturated heterocycles. The Morgan fingerprint density at radius 1 is 1.60 bits per heavy atom. The summed E-state index contributed by atoms with van der Waals surface area (Å²) in [5, 5.41) is 7.23. The van der Waals surface area contributed by atoms with Crippen LogP contribution in [0.4, 0.5) is 0 Å². The van der Waals surface area contributed by atoms with E-state index in [9.17, 15) is 4.79 Å². The van der Waals surface area contributed by atoms with Crippen LogP contribution in [0.15, 0.2) is 4.47 Å². The number of nitrogens with one attached hydrogen (secondary N) is 1. The Morgan fingerprint density at radius 2 is 2.27 bits per heavy atom. The molecular formula is C10H14BrN3O. The molecular weight excluding hydrogens is 258 g/mol. The van der Waals surface area contributed by atoms with Crippen molar-refractivity contribution in [1.29, 1.82) is 0 Å². The summed E-state index contributed by atoms with van der Waals surface area (Å²) < 4.78 is 2.72. The molecule has 0 atom stereocenters. The van der Waals surface area contributed by atoms with Crippen molar-refractivity contribution in [3.63, 3.8) is 0 Å². The van der Waals surface area contributed by atoms with E-state index in [1.165, 1.54) is 0 Å². The van der Waals surface area contributed by atoms with Crippen molar-refractivity contribution in [3.05, 3.63) is 15.9 Å². The Labute approximate surface area is 97.2 Å². The van der Waals surface area contributed by atoms with E-state index in [4.69, 9.17) is 0 Å². The monoisotopic (exact) mass is 271 g/mol. The number of nitrogens with zero attached hydrogens (tertiary/aromatic N) is 2. The Balaban J connectivity index is 2.02. The molecule has 1 aromatic heterocycles. The summed E-state index contributed by atoms with van der Waals surface area (Å²) in [6.45, 7) is 4.19. The third kappa shape index (κ3) is 2.40. The quantitative estimate of drug-likeness (QED) is 0.907. The average molecular weight is 272 g/mol. The van der Waals surface area contributed by atoms with Gasteiger partial charge in [-0.05, 0) is 42.6 Å². The van der Waals surface area contributed by atoms with Gasteiger partial charge in [-0.1, -0.05) is 0 Å². The van der Waals surface area contributed by atoms with E-state index < -0.39 is 0 Å². The van der Waals surface area contributed by atoms with Gasteiger partial charge in [0.1, 0.15) is 6.54 Å². The van der Waals surface area contributed by atoms with Crippen LogP contribution in [0.3, 0.4) is 0 Å². The summed E-state index contributed by atoms with van der Waals surface area (Å²) >= 11 is 3.44. The van der Waals surface area contributed by atoms with E-state index >= 15 is 0 Å². The fourth-order valence-corrected chi connectivity index (χ4v) is 1.75. The minimum atomic E-state index is 0.0515. The zero-order chi connectivity index (χ0) is 11.0. The van der Waals surface area contributed by atoms with Crippen LogP contribution >= 0.6 is 15.9 Å². The Hall–Kier alpha value is -0.840. The van der Waals surface area contributed by atoms with E-state index in [2.05, 4.69) is 26.3 Å².